The van der Waals surface area contributed by atoms with Gasteiger partial charge in [0.25, 0.3) is 0 Å². The van der Waals surface area contributed by atoms with Gasteiger partial charge in [-0.15, -0.1) is 0 Å². The van der Waals surface area contributed by atoms with Gasteiger partial charge < -0.3 is 25.4 Å². The van der Waals surface area contributed by atoms with Crippen molar-refractivity contribution < 1.29 is 19.1 Å². The lowest BCUT2D eigenvalue weighted by atomic mass is 9.87. The monoisotopic (exact) mass is 347 g/mol. The molecule has 2 fully saturated rings. The molecular formula is C18H25N3O4. The maximum absolute atomic E-state index is 12.4. The van der Waals surface area contributed by atoms with E-state index >= 15 is 0 Å². The van der Waals surface area contributed by atoms with E-state index in [1.165, 1.54) is 0 Å². The maximum Gasteiger partial charge on any atom is 0.237 e. The molecule has 1 heterocycles. The van der Waals surface area contributed by atoms with Gasteiger partial charge in [-0.25, -0.2) is 0 Å². The highest BCUT2D eigenvalue weighted by atomic mass is 16.5. The van der Waals surface area contributed by atoms with Crippen LogP contribution in [0.1, 0.15) is 32.1 Å². The van der Waals surface area contributed by atoms with E-state index < -0.39 is 6.04 Å². The van der Waals surface area contributed by atoms with E-state index in [0.29, 0.717) is 17.2 Å². The van der Waals surface area contributed by atoms with Gasteiger partial charge in [-0.3, -0.25) is 9.59 Å². The Labute approximate surface area is 147 Å². The molecule has 1 aromatic rings. The molecule has 7 heteroatoms. The first-order chi connectivity index (χ1) is 12.1. The normalized spacial score (nSPS) is 25.5. The minimum Gasteiger partial charge on any atom is -0.497 e. The molecule has 3 atom stereocenters. The fraction of sp³-hybridized carbons (Fsp3) is 0.556. The summed E-state index contributed by atoms with van der Waals surface area (Å²) < 4.78 is 10.4. The van der Waals surface area contributed by atoms with Gasteiger partial charge >= 0.3 is 0 Å². The van der Waals surface area contributed by atoms with Gasteiger partial charge in [0.1, 0.15) is 11.5 Å². The first kappa shape index (κ1) is 17.5. The third-order valence-corrected chi connectivity index (χ3v) is 4.85. The van der Waals surface area contributed by atoms with Crippen LogP contribution in [0.2, 0.25) is 0 Å². The third-order valence-electron chi connectivity index (χ3n) is 4.85. The van der Waals surface area contributed by atoms with Crippen LogP contribution in [-0.2, 0) is 9.59 Å². The Morgan fingerprint density at radius 1 is 1.12 bits per heavy atom. The van der Waals surface area contributed by atoms with Crippen LogP contribution >= 0.6 is 0 Å². The van der Waals surface area contributed by atoms with E-state index in [2.05, 4.69) is 16.0 Å². The zero-order valence-corrected chi connectivity index (χ0v) is 14.6. The van der Waals surface area contributed by atoms with Crippen molar-refractivity contribution in [1.29, 1.82) is 0 Å². The molecule has 3 N–H and O–H groups in total. The Balaban J connectivity index is 1.61. The third kappa shape index (κ3) is 4.22. The van der Waals surface area contributed by atoms with Crippen molar-refractivity contribution in [3.05, 3.63) is 18.2 Å². The number of carbonyl (C=O) groups excluding carboxylic acids is 2. The van der Waals surface area contributed by atoms with Crippen molar-refractivity contribution >= 4 is 17.5 Å². The van der Waals surface area contributed by atoms with Crippen LogP contribution in [0, 0.1) is 0 Å². The van der Waals surface area contributed by atoms with Crippen LogP contribution in [0.3, 0.4) is 0 Å². The SMILES string of the molecule is COc1cc(NC(=O)C[C@H]2N[C@H]3CCCC[C@@H]3NC2=O)cc(OC)c1. The Morgan fingerprint density at radius 2 is 1.76 bits per heavy atom. The Kier molecular flexibility index (Phi) is 5.43. The summed E-state index contributed by atoms with van der Waals surface area (Å²) in [5.41, 5.74) is 0.577. The van der Waals surface area contributed by atoms with Crippen LogP contribution in [0.4, 0.5) is 5.69 Å². The predicted molar refractivity (Wildman–Crippen MR) is 93.9 cm³/mol. The topological polar surface area (TPSA) is 88.7 Å². The molecule has 3 rings (SSSR count). The summed E-state index contributed by atoms with van der Waals surface area (Å²) in [6.45, 7) is 0. The van der Waals surface area contributed by atoms with Crippen LogP contribution in [-0.4, -0.2) is 44.2 Å². The molecule has 2 aliphatic rings. The fourth-order valence-corrected chi connectivity index (χ4v) is 3.55. The number of nitrogens with one attached hydrogen (secondary N) is 3. The number of anilines is 1. The molecule has 0 unspecified atom stereocenters. The number of rotatable bonds is 5. The van der Waals surface area contributed by atoms with Crippen molar-refractivity contribution in [2.24, 2.45) is 0 Å². The smallest absolute Gasteiger partial charge is 0.237 e. The van der Waals surface area contributed by atoms with Crippen molar-refractivity contribution in [3.8, 4) is 11.5 Å². The highest BCUT2D eigenvalue weighted by Gasteiger charge is 2.36. The molecule has 0 spiro atoms. The minimum atomic E-state index is -0.494. The largest absolute Gasteiger partial charge is 0.497 e. The van der Waals surface area contributed by atoms with Gasteiger partial charge in [-0.1, -0.05) is 12.8 Å². The Bertz CT molecular complexity index is 627. The van der Waals surface area contributed by atoms with E-state index in [9.17, 15) is 9.59 Å². The molecule has 0 bridgehead atoms. The second-order valence-electron chi connectivity index (χ2n) is 6.58. The molecule has 1 aliphatic carbocycles. The van der Waals surface area contributed by atoms with Gasteiger partial charge in [0.15, 0.2) is 0 Å². The highest BCUT2D eigenvalue weighted by Crippen LogP contribution is 2.26. The number of benzene rings is 1. The minimum absolute atomic E-state index is 0.0918. The van der Waals surface area contributed by atoms with Crippen molar-refractivity contribution in [2.45, 2.75) is 50.2 Å². The number of hydrogen-bond donors (Lipinski definition) is 3. The molecule has 0 aromatic heterocycles. The second-order valence-corrected chi connectivity index (χ2v) is 6.58. The van der Waals surface area contributed by atoms with Crippen molar-refractivity contribution in [3.63, 3.8) is 0 Å². The molecule has 7 nitrogen and oxygen atoms in total. The lowest BCUT2D eigenvalue weighted by Gasteiger charge is -2.40. The van der Waals surface area contributed by atoms with Crippen LogP contribution < -0.4 is 25.4 Å². The maximum atomic E-state index is 12.4. The van der Waals surface area contributed by atoms with Crippen LogP contribution in [0.15, 0.2) is 18.2 Å². The number of ether oxygens (including phenoxy) is 2. The number of hydrogen-bond acceptors (Lipinski definition) is 5. The molecule has 1 saturated carbocycles. The van der Waals surface area contributed by atoms with E-state index in [4.69, 9.17) is 9.47 Å². The van der Waals surface area contributed by atoms with Crippen molar-refractivity contribution in [1.82, 2.24) is 10.6 Å². The van der Waals surface area contributed by atoms with Gasteiger partial charge in [0, 0.05) is 36.0 Å². The molecular weight excluding hydrogens is 322 g/mol. The summed E-state index contributed by atoms with van der Waals surface area (Å²) in [5, 5.41) is 9.21. The summed E-state index contributed by atoms with van der Waals surface area (Å²) in [4.78, 5) is 24.6. The van der Waals surface area contributed by atoms with Crippen LogP contribution in [0.25, 0.3) is 0 Å². The summed E-state index contributed by atoms with van der Waals surface area (Å²) in [5.74, 6) is 0.861. The Morgan fingerprint density at radius 3 is 2.40 bits per heavy atom. The molecule has 1 aliphatic heterocycles. The lowest BCUT2D eigenvalue weighted by Crippen LogP contribution is -2.65. The number of carbonyl (C=O) groups is 2. The summed E-state index contributed by atoms with van der Waals surface area (Å²) in [7, 11) is 3.11. The summed E-state index contributed by atoms with van der Waals surface area (Å²) in [6, 6.07) is 5.13. The second kappa shape index (κ2) is 7.74. The van der Waals surface area contributed by atoms with E-state index in [1.54, 1.807) is 32.4 Å². The molecule has 136 valence electrons. The zero-order chi connectivity index (χ0) is 17.8. The van der Waals surface area contributed by atoms with Gasteiger partial charge in [0.05, 0.1) is 26.7 Å². The fourth-order valence-electron chi connectivity index (χ4n) is 3.55. The lowest BCUT2D eigenvalue weighted by molar-refractivity contribution is -0.129. The standard InChI is InChI=1S/C18H25N3O4/c1-24-12-7-11(8-13(9-12)25-2)19-17(22)10-16-18(23)21-15-6-4-3-5-14(15)20-16/h7-9,14-16,20H,3-6,10H2,1-2H3,(H,19,22)(H,21,23)/t14-,15-,16+/m0/s1. The number of amides is 2. The van der Waals surface area contributed by atoms with E-state index in [-0.39, 0.29) is 30.3 Å². The van der Waals surface area contributed by atoms with Crippen molar-refractivity contribution in [2.75, 3.05) is 19.5 Å². The average Bonchev–Trinajstić information content (AvgIpc) is 2.61. The summed E-state index contributed by atoms with van der Waals surface area (Å²) in [6.07, 6.45) is 4.44. The first-order valence-corrected chi connectivity index (χ1v) is 8.68. The highest BCUT2D eigenvalue weighted by molar-refractivity contribution is 5.96. The molecule has 25 heavy (non-hydrogen) atoms. The molecule has 1 aromatic carbocycles. The van der Waals surface area contributed by atoms with Gasteiger partial charge in [-0.2, -0.15) is 0 Å². The van der Waals surface area contributed by atoms with Gasteiger partial charge in [0.2, 0.25) is 11.8 Å². The average molecular weight is 347 g/mol. The van der Waals surface area contributed by atoms with E-state index in [0.717, 1.165) is 25.7 Å². The molecule has 0 radical (unpaired) electrons. The van der Waals surface area contributed by atoms with Crippen LogP contribution in [0.5, 0.6) is 11.5 Å². The number of methoxy groups -OCH3 is 2. The summed E-state index contributed by atoms with van der Waals surface area (Å²) >= 11 is 0. The zero-order valence-electron chi connectivity index (χ0n) is 14.6. The predicted octanol–water partition coefficient (Wildman–Crippen LogP) is 1.43. The number of fused-ring (bicyclic) bond motifs is 1. The quantitative estimate of drug-likeness (QED) is 0.750. The van der Waals surface area contributed by atoms with E-state index in [1.807, 2.05) is 0 Å². The number of piperazine rings is 1. The Hall–Kier alpha value is -2.28. The van der Waals surface area contributed by atoms with Gasteiger partial charge in [-0.05, 0) is 12.8 Å². The molecule has 2 amide bonds. The first-order valence-electron chi connectivity index (χ1n) is 8.68. The molecule has 1 saturated heterocycles.